The Labute approximate surface area is 129 Å². The molecule has 1 aromatic heterocycles. The first-order valence-electron chi connectivity index (χ1n) is 7.23. The smallest absolute Gasteiger partial charge is 0.136 e. The predicted octanol–water partition coefficient (Wildman–Crippen LogP) is 3.55. The first-order valence-corrected chi connectivity index (χ1v) is 7.23. The van der Waals surface area contributed by atoms with Gasteiger partial charge in [-0.05, 0) is 56.5 Å². The van der Waals surface area contributed by atoms with Gasteiger partial charge in [0.25, 0.3) is 0 Å². The third-order valence-electron chi connectivity index (χ3n) is 3.20. The number of halogens is 1. The van der Waals surface area contributed by atoms with E-state index < -0.39 is 5.82 Å². The highest BCUT2D eigenvalue weighted by Gasteiger charge is 2.07. The highest BCUT2D eigenvalue weighted by Crippen LogP contribution is 2.23. The summed E-state index contributed by atoms with van der Waals surface area (Å²) in [4.78, 5) is 0. The molecule has 1 atom stereocenters. The lowest BCUT2D eigenvalue weighted by atomic mass is 10.1. The number of phenolic OH excluding ortho intramolecular Hbond substituents is 1. The summed E-state index contributed by atoms with van der Waals surface area (Å²) in [6.07, 6.45) is 6.11. The van der Waals surface area contributed by atoms with Crippen molar-refractivity contribution in [1.82, 2.24) is 10.2 Å². The zero-order chi connectivity index (χ0) is 15.9. The Hall–Kier alpha value is -2.27. The number of hydrogen-bond donors (Lipinski definition) is 2. The Morgan fingerprint density at radius 1 is 1.23 bits per heavy atom. The van der Waals surface area contributed by atoms with Crippen LogP contribution in [0.2, 0.25) is 0 Å². The number of aromatic hydroxyl groups is 1. The van der Waals surface area contributed by atoms with Gasteiger partial charge in [-0.25, -0.2) is 4.39 Å². The lowest BCUT2D eigenvalue weighted by molar-refractivity contribution is 0.182. The maximum Gasteiger partial charge on any atom is 0.136 e. The van der Waals surface area contributed by atoms with Crippen molar-refractivity contribution in [2.45, 2.75) is 32.3 Å². The van der Waals surface area contributed by atoms with Crippen molar-refractivity contribution < 1.29 is 14.6 Å². The molecule has 0 saturated heterocycles. The molecule has 0 aliphatic rings. The fourth-order valence-corrected chi connectivity index (χ4v) is 2.02. The van der Waals surface area contributed by atoms with E-state index in [0.717, 1.165) is 25.3 Å². The molecular formula is C17H19FN2O2. The second-order valence-corrected chi connectivity index (χ2v) is 5.19. The van der Waals surface area contributed by atoms with Crippen LogP contribution in [0.4, 0.5) is 4.39 Å². The largest absolute Gasteiger partial charge is 0.508 e. The fraction of sp³-hybridized carbons (Fsp3) is 0.294. The highest BCUT2D eigenvalue weighted by molar-refractivity contribution is 5.61. The maximum atomic E-state index is 13.7. The quantitative estimate of drug-likeness (QED) is 0.801. The summed E-state index contributed by atoms with van der Waals surface area (Å²) in [5.74, 6) is -0.651. The van der Waals surface area contributed by atoms with Gasteiger partial charge in [-0.3, -0.25) is 0 Å². The zero-order valence-electron chi connectivity index (χ0n) is 12.4. The molecule has 2 rings (SSSR count). The lowest BCUT2D eigenvalue weighted by Gasteiger charge is -2.03. The number of nitrogens with zero attached hydrogens (tertiary/aromatic N) is 2. The molecule has 2 N–H and O–H groups in total. The number of unbranched alkanes of at least 4 members (excludes halogenated alkanes) is 1. The number of phenols is 1. The molecule has 0 fully saturated rings. The van der Waals surface area contributed by atoms with Crippen LogP contribution in [-0.2, 0) is 0 Å². The molecule has 116 valence electrons. The summed E-state index contributed by atoms with van der Waals surface area (Å²) in [7, 11) is 0. The van der Waals surface area contributed by atoms with E-state index in [1.807, 2.05) is 12.2 Å². The summed E-state index contributed by atoms with van der Waals surface area (Å²) in [5, 5.41) is 26.4. The molecule has 1 heterocycles. The number of aliphatic hydroxyl groups is 1. The van der Waals surface area contributed by atoms with Crippen molar-refractivity contribution in [3.63, 3.8) is 0 Å². The first-order chi connectivity index (χ1) is 10.6. The number of rotatable bonds is 6. The Bertz CT molecular complexity index is 640. The second kappa shape index (κ2) is 7.66. The second-order valence-electron chi connectivity index (χ2n) is 5.19. The van der Waals surface area contributed by atoms with Gasteiger partial charge in [0.1, 0.15) is 11.6 Å². The molecule has 0 amide bonds. The van der Waals surface area contributed by atoms with Gasteiger partial charge >= 0.3 is 0 Å². The molecule has 2 aromatic rings. The van der Waals surface area contributed by atoms with Crippen LogP contribution >= 0.6 is 0 Å². The van der Waals surface area contributed by atoms with Crippen LogP contribution in [0.3, 0.4) is 0 Å². The fourth-order valence-electron chi connectivity index (χ4n) is 2.02. The van der Waals surface area contributed by atoms with E-state index in [4.69, 9.17) is 5.11 Å². The lowest BCUT2D eigenvalue weighted by Crippen LogP contribution is -1.97. The zero-order valence-corrected chi connectivity index (χ0v) is 12.4. The van der Waals surface area contributed by atoms with Gasteiger partial charge < -0.3 is 10.2 Å². The highest BCUT2D eigenvalue weighted by atomic mass is 19.1. The summed E-state index contributed by atoms with van der Waals surface area (Å²) in [6.45, 7) is 1.77. The van der Waals surface area contributed by atoms with Gasteiger partial charge in [0.2, 0.25) is 0 Å². The van der Waals surface area contributed by atoms with Gasteiger partial charge in [0.15, 0.2) is 0 Å². The minimum Gasteiger partial charge on any atom is -0.508 e. The van der Waals surface area contributed by atoms with Crippen LogP contribution in [0.15, 0.2) is 36.4 Å². The molecular weight excluding hydrogens is 283 g/mol. The average molecular weight is 302 g/mol. The molecule has 5 heteroatoms. The molecule has 4 nitrogen and oxygen atoms in total. The Morgan fingerprint density at radius 3 is 2.68 bits per heavy atom. The van der Waals surface area contributed by atoms with Crippen molar-refractivity contribution in [2.75, 3.05) is 0 Å². The molecule has 0 aliphatic carbocycles. The molecule has 0 saturated carbocycles. The Morgan fingerprint density at radius 2 is 2.05 bits per heavy atom. The van der Waals surface area contributed by atoms with E-state index in [1.165, 1.54) is 12.1 Å². The van der Waals surface area contributed by atoms with Gasteiger partial charge in [0, 0.05) is 11.6 Å². The first kappa shape index (κ1) is 16.1. The third kappa shape index (κ3) is 4.63. The summed E-state index contributed by atoms with van der Waals surface area (Å²) < 4.78 is 13.7. The van der Waals surface area contributed by atoms with Crippen LogP contribution in [0.5, 0.6) is 5.75 Å². The van der Waals surface area contributed by atoms with Crippen LogP contribution in [-0.4, -0.2) is 26.5 Å². The third-order valence-corrected chi connectivity index (χ3v) is 3.20. The minimum absolute atomic E-state index is 0.119. The summed E-state index contributed by atoms with van der Waals surface area (Å²) >= 11 is 0. The van der Waals surface area contributed by atoms with E-state index in [2.05, 4.69) is 10.2 Å². The number of aromatic nitrogens is 2. The molecule has 0 bridgehead atoms. The van der Waals surface area contributed by atoms with Crippen molar-refractivity contribution in [3.05, 3.63) is 47.9 Å². The standard InChI is InChI=1S/C17H19FN2O2/c1-12(21)5-3-2-4-6-13-7-10-17(20-19-13)15-9-8-14(22)11-16(15)18/h4,6-12,21-22H,2-3,5H2,1H3/b6-4+. The Kier molecular flexibility index (Phi) is 5.61. The number of hydrogen-bond acceptors (Lipinski definition) is 4. The van der Waals surface area contributed by atoms with E-state index in [0.29, 0.717) is 17.0 Å². The maximum absolute atomic E-state index is 13.7. The van der Waals surface area contributed by atoms with Crippen molar-refractivity contribution in [1.29, 1.82) is 0 Å². The van der Waals surface area contributed by atoms with E-state index in [9.17, 15) is 9.50 Å². The van der Waals surface area contributed by atoms with Crippen LogP contribution in [0.25, 0.3) is 17.3 Å². The Balaban J connectivity index is 1.99. The van der Waals surface area contributed by atoms with E-state index in [1.54, 1.807) is 19.1 Å². The normalized spacial score (nSPS) is 12.7. The van der Waals surface area contributed by atoms with Crippen LogP contribution in [0.1, 0.15) is 31.9 Å². The van der Waals surface area contributed by atoms with Gasteiger partial charge in [-0.2, -0.15) is 5.10 Å². The number of allylic oxidation sites excluding steroid dienone is 1. The van der Waals surface area contributed by atoms with Gasteiger partial charge in [-0.1, -0.05) is 6.08 Å². The SMILES string of the molecule is CC(O)CCC/C=C/c1ccc(-c2ccc(O)cc2F)nn1. The predicted molar refractivity (Wildman–Crippen MR) is 83.7 cm³/mol. The molecule has 1 aromatic carbocycles. The van der Waals surface area contributed by atoms with E-state index >= 15 is 0 Å². The van der Waals surface area contributed by atoms with Crippen LogP contribution in [0, 0.1) is 5.82 Å². The van der Waals surface area contributed by atoms with Crippen molar-refractivity contribution in [3.8, 4) is 17.0 Å². The summed E-state index contributed by atoms with van der Waals surface area (Å²) in [6, 6.07) is 7.39. The molecule has 0 radical (unpaired) electrons. The number of aliphatic hydroxyl groups excluding tert-OH is 1. The molecule has 1 unspecified atom stereocenters. The number of benzene rings is 1. The molecule has 0 aliphatic heterocycles. The molecule has 0 spiro atoms. The van der Waals surface area contributed by atoms with Gasteiger partial charge in [-0.15, -0.1) is 5.10 Å². The van der Waals surface area contributed by atoms with Gasteiger partial charge in [0.05, 0.1) is 17.5 Å². The molecule has 22 heavy (non-hydrogen) atoms. The average Bonchev–Trinajstić information content (AvgIpc) is 2.47. The van der Waals surface area contributed by atoms with E-state index in [-0.39, 0.29) is 11.9 Å². The topological polar surface area (TPSA) is 66.2 Å². The minimum atomic E-state index is -0.532. The monoisotopic (exact) mass is 302 g/mol. The van der Waals surface area contributed by atoms with Crippen molar-refractivity contribution in [2.24, 2.45) is 0 Å². The summed E-state index contributed by atoms with van der Waals surface area (Å²) in [5.41, 5.74) is 1.42. The van der Waals surface area contributed by atoms with Crippen molar-refractivity contribution >= 4 is 6.08 Å². The van der Waals surface area contributed by atoms with Crippen LogP contribution < -0.4 is 0 Å².